The molecule has 0 unspecified atom stereocenters. The molecule has 0 bridgehead atoms. The van der Waals surface area contributed by atoms with Gasteiger partial charge in [0.1, 0.15) is 5.01 Å². The van der Waals surface area contributed by atoms with Crippen molar-refractivity contribution >= 4 is 68.3 Å². The van der Waals surface area contributed by atoms with Crippen molar-refractivity contribution in [2.75, 3.05) is 11.4 Å². The molecule has 0 radical (unpaired) electrons. The van der Waals surface area contributed by atoms with Gasteiger partial charge in [-0.1, -0.05) is 35.0 Å². The molecule has 3 aromatic rings. The average Bonchev–Trinajstić information content (AvgIpc) is 3.06. The summed E-state index contributed by atoms with van der Waals surface area (Å²) in [4.78, 5) is 8.17. The van der Waals surface area contributed by atoms with Crippen LogP contribution >= 0.6 is 46.3 Å². The normalized spacial score (nSPS) is 15.6. The van der Waals surface area contributed by atoms with Crippen LogP contribution in [0, 0.1) is 0 Å². The predicted molar refractivity (Wildman–Crippen MR) is 103 cm³/mol. The first kappa shape index (κ1) is 15.3. The summed E-state index contributed by atoms with van der Waals surface area (Å²) in [5, 5.41) is 3.64. The van der Waals surface area contributed by atoms with E-state index in [1.54, 1.807) is 23.1 Å². The van der Waals surface area contributed by atoms with Crippen LogP contribution in [0.15, 0.2) is 46.3 Å². The molecule has 0 saturated heterocycles. The first-order valence-corrected chi connectivity index (χ1v) is 9.55. The van der Waals surface area contributed by atoms with Crippen LogP contribution < -0.4 is 4.90 Å². The van der Waals surface area contributed by atoms with E-state index in [0.29, 0.717) is 0 Å². The summed E-state index contributed by atoms with van der Waals surface area (Å²) in [6.07, 6.45) is 2.14. The molecular weight excluding hydrogens is 367 g/mol. The van der Waals surface area contributed by atoms with Crippen LogP contribution in [0.4, 0.5) is 5.69 Å². The Morgan fingerprint density at radius 1 is 1.13 bits per heavy atom. The summed E-state index contributed by atoms with van der Waals surface area (Å²) in [7, 11) is 0. The van der Waals surface area contributed by atoms with Crippen LogP contribution in [-0.4, -0.2) is 11.5 Å². The topological polar surface area (TPSA) is 16.1 Å². The van der Waals surface area contributed by atoms with Gasteiger partial charge in [-0.15, -0.1) is 11.3 Å². The molecule has 2 heterocycles. The number of hydrogen-bond donors (Lipinski definition) is 0. The molecule has 23 heavy (non-hydrogen) atoms. The Balaban J connectivity index is 1.75. The number of benzene rings is 2. The summed E-state index contributed by atoms with van der Waals surface area (Å²) in [5.74, 6) is 0. The van der Waals surface area contributed by atoms with Gasteiger partial charge in [0.2, 0.25) is 0 Å². The Morgan fingerprint density at radius 2 is 1.91 bits per heavy atom. The number of thiazole rings is 1. The lowest BCUT2D eigenvalue weighted by atomic mass is 10.3. The maximum Gasteiger partial charge on any atom is 0.119 e. The molecule has 0 saturated carbocycles. The Hall–Kier alpha value is -1.20. The van der Waals surface area contributed by atoms with Gasteiger partial charge in [0.25, 0.3) is 0 Å². The van der Waals surface area contributed by atoms with Crippen molar-refractivity contribution in [2.24, 2.45) is 0 Å². The predicted octanol–water partition coefficient (Wildman–Crippen LogP) is 6.53. The minimum atomic E-state index is 0.717. The third-order valence-electron chi connectivity index (χ3n) is 3.62. The van der Waals surface area contributed by atoms with Crippen molar-refractivity contribution in [3.63, 3.8) is 0 Å². The maximum atomic E-state index is 6.14. The van der Waals surface area contributed by atoms with Gasteiger partial charge in [-0.05, 0) is 43.3 Å². The number of halogens is 2. The van der Waals surface area contributed by atoms with Gasteiger partial charge in [-0.25, -0.2) is 4.98 Å². The second kappa shape index (κ2) is 6.02. The largest absolute Gasteiger partial charge is 0.335 e. The Bertz CT molecular complexity index is 933. The molecule has 0 amide bonds. The molecule has 6 heteroatoms. The van der Waals surface area contributed by atoms with Gasteiger partial charge in [0, 0.05) is 27.6 Å². The molecule has 0 N–H and O–H groups in total. The first-order chi connectivity index (χ1) is 11.1. The molecule has 0 fully saturated rings. The number of nitrogens with zero attached hydrogens (tertiary/aromatic N) is 2. The number of aromatic nitrogens is 1. The summed E-state index contributed by atoms with van der Waals surface area (Å²) < 4.78 is 1.15. The molecule has 2 aromatic carbocycles. The molecule has 0 aliphatic carbocycles. The molecule has 116 valence electrons. The first-order valence-electron chi connectivity index (χ1n) is 7.17. The summed E-state index contributed by atoms with van der Waals surface area (Å²) >= 11 is 15.6. The lowest BCUT2D eigenvalue weighted by Crippen LogP contribution is -2.16. The number of anilines is 1. The van der Waals surface area contributed by atoms with Gasteiger partial charge >= 0.3 is 0 Å². The van der Waals surface area contributed by atoms with Gasteiger partial charge in [0.05, 0.1) is 20.9 Å². The fraction of sp³-hybridized carbons (Fsp3) is 0.118. The van der Waals surface area contributed by atoms with Crippen LogP contribution in [0.5, 0.6) is 0 Å². The smallest absolute Gasteiger partial charge is 0.119 e. The quantitative estimate of drug-likeness (QED) is 0.503. The highest BCUT2D eigenvalue weighted by Gasteiger charge is 2.24. The van der Waals surface area contributed by atoms with Gasteiger partial charge in [-0.2, -0.15) is 0 Å². The van der Waals surface area contributed by atoms with Gasteiger partial charge in [0.15, 0.2) is 0 Å². The van der Waals surface area contributed by atoms with Crippen LogP contribution in [0.1, 0.15) is 11.9 Å². The SMILES string of the molecule is CCN1/C(=C/c2nc3cc(Cl)ccc3s2)Sc2ccc(Cl)cc21. The maximum absolute atomic E-state index is 6.14. The second-order valence-electron chi connectivity index (χ2n) is 5.11. The summed E-state index contributed by atoms with van der Waals surface area (Å²) in [6, 6.07) is 11.9. The van der Waals surface area contributed by atoms with E-state index < -0.39 is 0 Å². The van der Waals surface area contributed by atoms with Crippen molar-refractivity contribution in [3.05, 3.63) is 56.5 Å². The number of hydrogen-bond acceptors (Lipinski definition) is 4. The zero-order chi connectivity index (χ0) is 16.0. The highest BCUT2D eigenvalue weighted by atomic mass is 35.5. The Labute approximate surface area is 152 Å². The Kier molecular flexibility index (Phi) is 4.01. The molecule has 2 nitrogen and oxygen atoms in total. The van der Waals surface area contributed by atoms with Crippen molar-refractivity contribution in [3.8, 4) is 0 Å². The van der Waals surface area contributed by atoms with Crippen molar-refractivity contribution in [1.29, 1.82) is 0 Å². The van der Waals surface area contributed by atoms with E-state index in [-0.39, 0.29) is 0 Å². The average molecular weight is 379 g/mol. The fourth-order valence-electron chi connectivity index (χ4n) is 2.59. The highest BCUT2D eigenvalue weighted by Crippen LogP contribution is 2.47. The van der Waals surface area contributed by atoms with E-state index >= 15 is 0 Å². The molecule has 4 rings (SSSR count). The standard InChI is InChI=1S/C17H12Cl2N2S2/c1-2-21-13-8-11(19)4-6-15(13)23-17(21)9-16-20-12-7-10(18)3-5-14(12)22-16/h3-9H,2H2,1H3/b17-9-. The van der Waals surface area contributed by atoms with Crippen LogP contribution in [0.3, 0.4) is 0 Å². The number of rotatable bonds is 2. The number of thioether (sulfide) groups is 1. The van der Waals surface area contributed by atoms with Crippen molar-refractivity contribution in [1.82, 2.24) is 4.98 Å². The lowest BCUT2D eigenvalue weighted by Gasteiger charge is -2.17. The highest BCUT2D eigenvalue weighted by molar-refractivity contribution is 8.03. The van der Waals surface area contributed by atoms with Crippen molar-refractivity contribution < 1.29 is 0 Å². The fourth-order valence-corrected chi connectivity index (χ4v) is 5.03. The van der Waals surface area contributed by atoms with Crippen LogP contribution in [-0.2, 0) is 0 Å². The summed E-state index contributed by atoms with van der Waals surface area (Å²) in [6.45, 7) is 3.03. The second-order valence-corrected chi connectivity index (χ2v) is 8.10. The van der Waals surface area contributed by atoms with E-state index in [1.165, 1.54) is 15.6 Å². The van der Waals surface area contributed by atoms with Crippen LogP contribution in [0.25, 0.3) is 16.3 Å². The summed E-state index contributed by atoms with van der Waals surface area (Å²) in [5.41, 5.74) is 2.11. The minimum absolute atomic E-state index is 0.717. The van der Waals surface area contributed by atoms with Gasteiger partial charge in [-0.3, -0.25) is 0 Å². The monoisotopic (exact) mass is 378 g/mol. The molecule has 0 atom stereocenters. The van der Waals surface area contributed by atoms with Crippen LogP contribution in [0.2, 0.25) is 10.0 Å². The van der Waals surface area contributed by atoms with Gasteiger partial charge < -0.3 is 4.90 Å². The molecule has 0 spiro atoms. The van der Waals surface area contributed by atoms with E-state index in [4.69, 9.17) is 23.2 Å². The van der Waals surface area contributed by atoms with Crippen molar-refractivity contribution in [2.45, 2.75) is 11.8 Å². The molecular formula is C17H12Cl2N2S2. The van der Waals surface area contributed by atoms with E-state index in [1.807, 2.05) is 30.3 Å². The molecule has 1 aromatic heterocycles. The lowest BCUT2D eigenvalue weighted by molar-refractivity contribution is 1.01. The van der Waals surface area contributed by atoms with E-state index in [2.05, 4.69) is 29.0 Å². The zero-order valence-electron chi connectivity index (χ0n) is 12.2. The van der Waals surface area contributed by atoms with E-state index in [9.17, 15) is 0 Å². The third-order valence-corrected chi connectivity index (χ3v) is 6.19. The Morgan fingerprint density at radius 3 is 2.74 bits per heavy atom. The molecule has 1 aliphatic heterocycles. The zero-order valence-corrected chi connectivity index (χ0v) is 15.4. The van der Waals surface area contributed by atoms with E-state index in [0.717, 1.165) is 31.8 Å². The number of fused-ring (bicyclic) bond motifs is 2. The molecule has 1 aliphatic rings. The third kappa shape index (κ3) is 2.85. The minimum Gasteiger partial charge on any atom is -0.335 e.